The van der Waals surface area contributed by atoms with E-state index in [1.54, 1.807) is 11.3 Å². The topological polar surface area (TPSA) is 12.0 Å². The third kappa shape index (κ3) is 4.20. The molecule has 1 unspecified atom stereocenters. The minimum Gasteiger partial charge on any atom is -0.309 e. The Morgan fingerprint density at radius 1 is 1.30 bits per heavy atom. The lowest BCUT2D eigenvalue weighted by Crippen LogP contribution is -2.23. The fourth-order valence-electron chi connectivity index (χ4n) is 2.12. The Balaban J connectivity index is 2.19. The molecule has 0 saturated heterocycles. The fourth-order valence-corrected chi connectivity index (χ4v) is 3.88. The number of hydrogen-bond acceptors (Lipinski definition) is 2. The second-order valence-corrected chi connectivity index (χ2v) is 7.47. The van der Waals surface area contributed by atoms with Crippen LogP contribution in [0.2, 0.25) is 5.02 Å². The lowest BCUT2D eigenvalue weighted by molar-refractivity contribution is 0.536. The highest BCUT2D eigenvalue weighted by Gasteiger charge is 2.18. The van der Waals surface area contributed by atoms with E-state index in [9.17, 15) is 0 Å². The molecule has 2 rings (SSSR count). The van der Waals surface area contributed by atoms with Crippen molar-refractivity contribution in [1.29, 1.82) is 0 Å². The van der Waals surface area contributed by atoms with Crippen LogP contribution in [0.5, 0.6) is 0 Å². The Morgan fingerprint density at radius 2 is 2.00 bits per heavy atom. The van der Waals surface area contributed by atoms with Gasteiger partial charge in [0, 0.05) is 14.5 Å². The van der Waals surface area contributed by atoms with Gasteiger partial charge in [0.25, 0.3) is 0 Å². The van der Waals surface area contributed by atoms with Gasteiger partial charge in [0.15, 0.2) is 0 Å². The molecule has 1 atom stereocenters. The van der Waals surface area contributed by atoms with Crippen molar-refractivity contribution in [2.24, 2.45) is 0 Å². The number of hydrogen-bond donors (Lipinski definition) is 1. The molecule has 0 fully saturated rings. The van der Waals surface area contributed by atoms with E-state index in [1.165, 1.54) is 19.6 Å². The molecule has 1 aromatic carbocycles. The van der Waals surface area contributed by atoms with Gasteiger partial charge < -0.3 is 5.32 Å². The fraction of sp³-hybridized carbons (Fsp3) is 0.375. The largest absolute Gasteiger partial charge is 0.309 e. The monoisotopic (exact) mass is 419 g/mol. The second-order valence-electron chi connectivity index (χ2n) is 4.93. The first-order valence-electron chi connectivity index (χ1n) is 6.83. The number of nitrogens with one attached hydrogen (secondary N) is 1. The lowest BCUT2D eigenvalue weighted by atomic mass is 10.0. The zero-order valence-corrected chi connectivity index (χ0v) is 15.5. The van der Waals surface area contributed by atoms with E-state index in [1.807, 2.05) is 0 Å². The Bertz CT molecular complexity index is 550. The van der Waals surface area contributed by atoms with E-state index in [0.717, 1.165) is 24.4 Å². The smallest absolute Gasteiger partial charge is 0.0590 e. The summed E-state index contributed by atoms with van der Waals surface area (Å²) in [6.45, 7) is 5.28. The van der Waals surface area contributed by atoms with Crippen LogP contribution >= 0.6 is 45.5 Å². The van der Waals surface area contributed by atoms with Crippen LogP contribution in [0.4, 0.5) is 0 Å². The third-order valence-corrected chi connectivity index (χ3v) is 5.78. The standard InChI is InChI=1S/C16H19ClINS/c1-3-8-19-14(16-15(17)11(2)10-20-16)9-12-4-6-13(18)7-5-12/h4-7,10,14,19H,3,8-9H2,1-2H3. The van der Waals surface area contributed by atoms with E-state index in [-0.39, 0.29) is 0 Å². The molecule has 0 amide bonds. The van der Waals surface area contributed by atoms with E-state index in [2.05, 4.69) is 71.4 Å². The molecule has 1 heterocycles. The summed E-state index contributed by atoms with van der Waals surface area (Å²) in [4.78, 5) is 1.26. The highest BCUT2D eigenvalue weighted by atomic mass is 127. The van der Waals surface area contributed by atoms with Crippen LogP contribution in [0.1, 0.15) is 35.4 Å². The van der Waals surface area contributed by atoms with E-state index in [0.29, 0.717) is 6.04 Å². The summed E-state index contributed by atoms with van der Waals surface area (Å²) in [6.07, 6.45) is 2.11. The van der Waals surface area contributed by atoms with Crippen LogP contribution in [-0.2, 0) is 6.42 Å². The van der Waals surface area contributed by atoms with Crippen molar-refractivity contribution in [3.63, 3.8) is 0 Å². The van der Waals surface area contributed by atoms with Crippen LogP contribution in [0.15, 0.2) is 29.6 Å². The van der Waals surface area contributed by atoms with Crippen molar-refractivity contribution < 1.29 is 0 Å². The predicted molar refractivity (Wildman–Crippen MR) is 98.0 cm³/mol. The van der Waals surface area contributed by atoms with Crippen molar-refractivity contribution in [3.8, 4) is 0 Å². The first-order valence-corrected chi connectivity index (χ1v) is 9.16. The number of benzene rings is 1. The van der Waals surface area contributed by atoms with Crippen molar-refractivity contribution in [2.45, 2.75) is 32.7 Å². The van der Waals surface area contributed by atoms with Crippen LogP contribution in [0.3, 0.4) is 0 Å². The summed E-state index contributed by atoms with van der Waals surface area (Å²) < 4.78 is 1.27. The minimum absolute atomic E-state index is 0.307. The molecule has 108 valence electrons. The molecular weight excluding hydrogens is 401 g/mol. The second kappa shape index (κ2) is 7.78. The van der Waals surface area contributed by atoms with Crippen LogP contribution in [0.25, 0.3) is 0 Å². The van der Waals surface area contributed by atoms with Crippen molar-refractivity contribution >= 4 is 45.5 Å². The van der Waals surface area contributed by atoms with Crippen molar-refractivity contribution in [3.05, 3.63) is 54.2 Å². The van der Waals surface area contributed by atoms with Crippen molar-refractivity contribution in [1.82, 2.24) is 5.32 Å². The van der Waals surface area contributed by atoms with Crippen LogP contribution in [-0.4, -0.2) is 6.54 Å². The first kappa shape index (κ1) is 16.3. The molecule has 0 aliphatic heterocycles. The molecule has 0 aliphatic carbocycles. The summed E-state index contributed by atoms with van der Waals surface area (Å²) in [7, 11) is 0. The molecule has 4 heteroatoms. The van der Waals surface area contributed by atoms with Gasteiger partial charge in [-0.2, -0.15) is 0 Å². The average molecular weight is 420 g/mol. The zero-order chi connectivity index (χ0) is 14.5. The number of halogens is 2. The molecule has 0 spiro atoms. The molecule has 0 bridgehead atoms. The maximum atomic E-state index is 6.44. The summed E-state index contributed by atoms with van der Waals surface area (Å²) >= 11 is 10.5. The normalized spacial score (nSPS) is 12.6. The van der Waals surface area contributed by atoms with Crippen LogP contribution in [0, 0.1) is 10.5 Å². The van der Waals surface area contributed by atoms with E-state index >= 15 is 0 Å². The van der Waals surface area contributed by atoms with Gasteiger partial charge in [0.1, 0.15) is 0 Å². The molecule has 0 aliphatic rings. The van der Waals surface area contributed by atoms with Gasteiger partial charge in [-0.1, -0.05) is 30.7 Å². The van der Waals surface area contributed by atoms with Gasteiger partial charge in [0.05, 0.1) is 5.02 Å². The minimum atomic E-state index is 0.307. The van der Waals surface area contributed by atoms with Gasteiger partial charge in [-0.25, -0.2) is 0 Å². The zero-order valence-electron chi connectivity index (χ0n) is 11.7. The first-order chi connectivity index (χ1) is 9.61. The van der Waals surface area contributed by atoms with Crippen LogP contribution < -0.4 is 5.32 Å². The Hall–Kier alpha value is -0.100. The summed E-state index contributed by atoms with van der Waals surface area (Å²) in [5.41, 5.74) is 2.53. The molecular formula is C16H19ClINS. The average Bonchev–Trinajstić information content (AvgIpc) is 2.77. The molecule has 1 N–H and O–H groups in total. The van der Waals surface area contributed by atoms with E-state index in [4.69, 9.17) is 11.6 Å². The molecule has 1 nitrogen and oxygen atoms in total. The maximum absolute atomic E-state index is 6.44. The van der Waals surface area contributed by atoms with Gasteiger partial charge in [-0.15, -0.1) is 11.3 Å². The lowest BCUT2D eigenvalue weighted by Gasteiger charge is -2.18. The van der Waals surface area contributed by atoms with Gasteiger partial charge in [0.2, 0.25) is 0 Å². The van der Waals surface area contributed by atoms with E-state index < -0.39 is 0 Å². The number of rotatable bonds is 6. The Morgan fingerprint density at radius 3 is 2.55 bits per heavy atom. The Kier molecular flexibility index (Phi) is 6.33. The highest BCUT2D eigenvalue weighted by molar-refractivity contribution is 14.1. The molecule has 0 saturated carbocycles. The third-order valence-electron chi connectivity index (χ3n) is 3.24. The van der Waals surface area contributed by atoms with Gasteiger partial charge >= 0.3 is 0 Å². The summed E-state index contributed by atoms with van der Waals surface area (Å²) in [5, 5.41) is 6.70. The van der Waals surface area contributed by atoms with Gasteiger partial charge in [-0.05, 0) is 77.5 Å². The molecule has 20 heavy (non-hydrogen) atoms. The molecule has 0 radical (unpaired) electrons. The molecule has 1 aromatic heterocycles. The number of aryl methyl sites for hydroxylation is 1. The SMILES string of the molecule is CCCNC(Cc1ccc(I)cc1)c1scc(C)c1Cl. The quantitative estimate of drug-likeness (QED) is 0.601. The Labute approximate surface area is 143 Å². The van der Waals surface area contributed by atoms with Crippen molar-refractivity contribution in [2.75, 3.05) is 6.54 Å². The molecule has 2 aromatic rings. The highest BCUT2D eigenvalue weighted by Crippen LogP contribution is 2.34. The summed E-state index contributed by atoms with van der Waals surface area (Å²) in [5.74, 6) is 0. The van der Waals surface area contributed by atoms with Gasteiger partial charge in [-0.3, -0.25) is 0 Å². The number of thiophene rings is 1. The maximum Gasteiger partial charge on any atom is 0.0590 e. The predicted octanol–water partition coefficient (Wildman–Crippen LogP) is 5.60. The summed E-state index contributed by atoms with van der Waals surface area (Å²) in [6, 6.07) is 9.04.